The number of carbonyl (C=O) groups excluding carboxylic acids is 3. The van der Waals surface area contributed by atoms with Crippen LogP contribution in [0.3, 0.4) is 0 Å². The van der Waals surface area contributed by atoms with Crippen LogP contribution in [0.15, 0.2) is 24.3 Å². The molecule has 1 aliphatic carbocycles. The Labute approximate surface area is 139 Å². The van der Waals surface area contributed by atoms with Gasteiger partial charge < -0.3 is 10.2 Å². The van der Waals surface area contributed by atoms with Gasteiger partial charge >= 0.3 is 6.03 Å². The quantitative estimate of drug-likeness (QED) is 0.832. The average molecular weight is 333 g/mol. The molecule has 1 N–H and O–H groups in total. The summed E-state index contributed by atoms with van der Waals surface area (Å²) in [5.74, 6) is -1.45. The maximum absolute atomic E-state index is 14.1. The molecule has 4 amide bonds. The van der Waals surface area contributed by atoms with E-state index in [9.17, 15) is 18.8 Å². The van der Waals surface area contributed by atoms with Crippen LogP contribution in [0.25, 0.3) is 0 Å². The Kier molecular flexibility index (Phi) is 4.03. The zero-order valence-electron chi connectivity index (χ0n) is 13.7. The van der Waals surface area contributed by atoms with E-state index in [0.29, 0.717) is 6.54 Å². The molecule has 1 aliphatic heterocycles. The van der Waals surface area contributed by atoms with Crippen molar-refractivity contribution < 1.29 is 18.8 Å². The minimum absolute atomic E-state index is 0.0906. The van der Waals surface area contributed by atoms with Gasteiger partial charge in [0.2, 0.25) is 5.91 Å². The number of imide groups is 1. The number of amides is 4. The number of hydrogen-bond donors (Lipinski definition) is 1. The van der Waals surface area contributed by atoms with Gasteiger partial charge in [0.1, 0.15) is 17.9 Å². The molecule has 1 unspecified atom stereocenters. The lowest BCUT2D eigenvalue weighted by Crippen LogP contribution is -2.45. The summed E-state index contributed by atoms with van der Waals surface area (Å²) in [4.78, 5) is 39.9. The van der Waals surface area contributed by atoms with Gasteiger partial charge in [-0.05, 0) is 32.8 Å². The monoisotopic (exact) mass is 333 g/mol. The molecule has 2 aliphatic rings. The molecule has 0 radical (unpaired) electrons. The Morgan fingerprint density at radius 1 is 1.38 bits per heavy atom. The van der Waals surface area contributed by atoms with E-state index in [-0.39, 0.29) is 24.1 Å². The Morgan fingerprint density at radius 2 is 2.04 bits per heavy atom. The third-order valence-electron chi connectivity index (χ3n) is 4.63. The van der Waals surface area contributed by atoms with Crippen molar-refractivity contribution >= 4 is 17.8 Å². The molecular formula is C17H20FN3O3. The second-order valence-electron chi connectivity index (χ2n) is 6.34. The standard InChI is InChI=1S/C17H20FN3O3/c1-3-20(11-8-9-11)14(22)10-21-15(23)17(2,19-16(21)24)12-6-4-5-7-13(12)18/h4-7,11H,3,8-10H2,1-2H3,(H,19,24). The molecule has 1 atom stereocenters. The topological polar surface area (TPSA) is 69.7 Å². The molecule has 1 aromatic carbocycles. The molecule has 1 saturated carbocycles. The number of hydrogen-bond acceptors (Lipinski definition) is 3. The fraction of sp³-hybridized carbons (Fsp3) is 0.471. The number of urea groups is 1. The Bertz CT molecular complexity index is 704. The minimum Gasteiger partial charge on any atom is -0.338 e. The fourth-order valence-corrected chi connectivity index (χ4v) is 3.14. The summed E-state index contributed by atoms with van der Waals surface area (Å²) in [6.07, 6.45) is 1.90. The Morgan fingerprint density at radius 3 is 2.62 bits per heavy atom. The first kappa shape index (κ1) is 16.4. The molecule has 6 nitrogen and oxygen atoms in total. The van der Waals surface area contributed by atoms with Crippen molar-refractivity contribution in [1.29, 1.82) is 0 Å². The third kappa shape index (κ3) is 2.64. The molecule has 1 heterocycles. The largest absolute Gasteiger partial charge is 0.338 e. The number of likely N-dealkylation sites (N-methyl/N-ethyl adjacent to an activating group) is 1. The predicted molar refractivity (Wildman–Crippen MR) is 84.4 cm³/mol. The van der Waals surface area contributed by atoms with E-state index in [0.717, 1.165) is 17.7 Å². The highest BCUT2D eigenvalue weighted by Gasteiger charge is 2.51. The maximum Gasteiger partial charge on any atom is 0.325 e. The van der Waals surface area contributed by atoms with E-state index in [1.165, 1.54) is 25.1 Å². The maximum atomic E-state index is 14.1. The highest BCUT2D eigenvalue weighted by Crippen LogP contribution is 2.31. The fourth-order valence-electron chi connectivity index (χ4n) is 3.14. The van der Waals surface area contributed by atoms with Crippen LogP contribution in [0.5, 0.6) is 0 Å². The van der Waals surface area contributed by atoms with Gasteiger partial charge in [-0.2, -0.15) is 0 Å². The summed E-state index contributed by atoms with van der Waals surface area (Å²) >= 11 is 0. The summed E-state index contributed by atoms with van der Waals surface area (Å²) in [6, 6.07) is 5.34. The zero-order chi connectivity index (χ0) is 17.5. The highest BCUT2D eigenvalue weighted by molar-refractivity contribution is 6.09. The number of halogens is 1. The minimum atomic E-state index is -1.50. The van der Waals surface area contributed by atoms with Gasteiger partial charge in [0.25, 0.3) is 5.91 Å². The molecule has 128 valence electrons. The van der Waals surface area contributed by atoms with E-state index < -0.39 is 23.3 Å². The van der Waals surface area contributed by atoms with E-state index in [1.54, 1.807) is 11.0 Å². The zero-order valence-corrected chi connectivity index (χ0v) is 13.7. The summed E-state index contributed by atoms with van der Waals surface area (Å²) < 4.78 is 14.1. The summed E-state index contributed by atoms with van der Waals surface area (Å²) in [6.45, 7) is 3.54. The van der Waals surface area contributed by atoms with Crippen molar-refractivity contribution in [2.45, 2.75) is 38.3 Å². The number of rotatable bonds is 5. The number of benzene rings is 1. The van der Waals surface area contributed by atoms with Crippen molar-refractivity contribution in [3.8, 4) is 0 Å². The van der Waals surface area contributed by atoms with Crippen molar-refractivity contribution in [2.75, 3.05) is 13.1 Å². The SMILES string of the molecule is CCN(C(=O)CN1C(=O)NC(C)(c2ccccc2F)C1=O)C1CC1. The Hall–Kier alpha value is -2.44. The van der Waals surface area contributed by atoms with Gasteiger partial charge in [-0.1, -0.05) is 18.2 Å². The summed E-state index contributed by atoms with van der Waals surface area (Å²) in [5, 5.41) is 2.52. The number of nitrogens with zero attached hydrogens (tertiary/aromatic N) is 2. The van der Waals surface area contributed by atoms with Crippen LogP contribution in [0.4, 0.5) is 9.18 Å². The van der Waals surface area contributed by atoms with Crippen molar-refractivity contribution in [2.24, 2.45) is 0 Å². The van der Waals surface area contributed by atoms with Gasteiger partial charge in [0.05, 0.1) is 0 Å². The third-order valence-corrected chi connectivity index (χ3v) is 4.63. The van der Waals surface area contributed by atoms with Crippen LogP contribution < -0.4 is 5.32 Å². The molecule has 0 spiro atoms. The lowest BCUT2D eigenvalue weighted by Gasteiger charge is -2.24. The average Bonchev–Trinajstić information content (AvgIpc) is 3.34. The van der Waals surface area contributed by atoms with Crippen LogP contribution in [0, 0.1) is 5.82 Å². The molecule has 1 saturated heterocycles. The van der Waals surface area contributed by atoms with Gasteiger partial charge in [-0.15, -0.1) is 0 Å². The van der Waals surface area contributed by atoms with Gasteiger partial charge in [0, 0.05) is 18.2 Å². The van der Waals surface area contributed by atoms with Crippen molar-refractivity contribution in [1.82, 2.24) is 15.1 Å². The second kappa shape index (κ2) is 5.89. The second-order valence-corrected chi connectivity index (χ2v) is 6.34. The summed E-state index contributed by atoms with van der Waals surface area (Å²) in [5.41, 5.74) is -1.41. The summed E-state index contributed by atoms with van der Waals surface area (Å²) in [7, 11) is 0. The van der Waals surface area contributed by atoms with Crippen LogP contribution in [-0.2, 0) is 15.1 Å². The van der Waals surface area contributed by atoms with Gasteiger partial charge in [0.15, 0.2) is 0 Å². The number of carbonyl (C=O) groups is 3. The Balaban J connectivity index is 1.81. The lowest BCUT2D eigenvalue weighted by molar-refractivity contribution is -0.139. The highest BCUT2D eigenvalue weighted by atomic mass is 19.1. The molecule has 7 heteroatoms. The molecular weight excluding hydrogens is 313 g/mol. The van der Waals surface area contributed by atoms with Crippen LogP contribution in [-0.4, -0.2) is 46.8 Å². The lowest BCUT2D eigenvalue weighted by atomic mass is 9.91. The van der Waals surface area contributed by atoms with Gasteiger partial charge in [-0.25, -0.2) is 9.18 Å². The first-order valence-electron chi connectivity index (χ1n) is 8.07. The predicted octanol–water partition coefficient (Wildman–Crippen LogP) is 1.60. The smallest absolute Gasteiger partial charge is 0.325 e. The first-order valence-corrected chi connectivity index (χ1v) is 8.07. The van der Waals surface area contributed by atoms with Gasteiger partial charge in [-0.3, -0.25) is 14.5 Å². The van der Waals surface area contributed by atoms with Crippen LogP contribution >= 0.6 is 0 Å². The van der Waals surface area contributed by atoms with E-state index in [1.807, 2.05) is 6.92 Å². The van der Waals surface area contributed by atoms with Crippen molar-refractivity contribution in [3.63, 3.8) is 0 Å². The molecule has 24 heavy (non-hydrogen) atoms. The van der Waals surface area contributed by atoms with Crippen LogP contribution in [0.1, 0.15) is 32.3 Å². The van der Waals surface area contributed by atoms with E-state index >= 15 is 0 Å². The first-order chi connectivity index (χ1) is 11.4. The normalized spacial score (nSPS) is 23.4. The molecule has 2 fully saturated rings. The van der Waals surface area contributed by atoms with Crippen molar-refractivity contribution in [3.05, 3.63) is 35.6 Å². The van der Waals surface area contributed by atoms with E-state index in [2.05, 4.69) is 5.32 Å². The van der Waals surface area contributed by atoms with Crippen LogP contribution in [0.2, 0.25) is 0 Å². The molecule has 0 bridgehead atoms. The van der Waals surface area contributed by atoms with E-state index in [4.69, 9.17) is 0 Å². The molecule has 0 aromatic heterocycles. The number of nitrogens with one attached hydrogen (secondary N) is 1. The molecule has 3 rings (SSSR count). The molecule has 1 aromatic rings.